The first-order valence-electron chi connectivity index (χ1n) is 4.18. The van der Waals surface area contributed by atoms with E-state index in [1.165, 1.54) is 5.56 Å². The van der Waals surface area contributed by atoms with Gasteiger partial charge in [0, 0.05) is 6.92 Å². The molecule has 2 aromatic heterocycles. The van der Waals surface area contributed by atoms with Gasteiger partial charge >= 0.3 is 0 Å². The van der Waals surface area contributed by atoms with Crippen LogP contribution in [0.15, 0.2) is 15.9 Å². The molecule has 2 rings (SSSR count). The molecule has 0 saturated carbocycles. The highest BCUT2D eigenvalue weighted by molar-refractivity contribution is 7.13. The third-order valence-electron chi connectivity index (χ3n) is 1.85. The minimum absolute atomic E-state index is 0.616. The molecule has 0 amide bonds. The van der Waals surface area contributed by atoms with E-state index in [4.69, 9.17) is 4.42 Å². The van der Waals surface area contributed by atoms with Gasteiger partial charge in [-0.15, -0.1) is 21.5 Å². The van der Waals surface area contributed by atoms with Crippen molar-refractivity contribution in [3.63, 3.8) is 0 Å². The van der Waals surface area contributed by atoms with Gasteiger partial charge in [-0.05, 0) is 23.4 Å². The Morgan fingerprint density at radius 1 is 1.46 bits per heavy atom. The second-order valence-electron chi connectivity index (χ2n) is 2.75. The van der Waals surface area contributed by atoms with Gasteiger partial charge in [0.2, 0.25) is 5.89 Å². The number of aromatic nitrogens is 2. The second kappa shape index (κ2) is 3.30. The maximum atomic E-state index is 5.36. The van der Waals surface area contributed by atoms with Crippen LogP contribution in [0, 0.1) is 6.92 Å². The minimum atomic E-state index is 0.616. The number of aryl methyl sites for hydroxylation is 2. The summed E-state index contributed by atoms with van der Waals surface area (Å²) in [6.45, 7) is 3.92. The van der Waals surface area contributed by atoms with E-state index in [1.807, 2.05) is 5.38 Å². The van der Waals surface area contributed by atoms with E-state index in [2.05, 4.69) is 23.2 Å². The fourth-order valence-electron chi connectivity index (χ4n) is 1.19. The lowest BCUT2D eigenvalue weighted by Crippen LogP contribution is -1.80. The molecule has 0 aliphatic carbocycles. The fourth-order valence-corrected chi connectivity index (χ4v) is 2.11. The molecule has 0 saturated heterocycles. The first-order valence-corrected chi connectivity index (χ1v) is 5.06. The summed E-state index contributed by atoms with van der Waals surface area (Å²) in [5, 5.41) is 9.85. The number of thiophene rings is 1. The summed E-state index contributed by atoms with van der Waals surface area (Å²) in [4.78, 5) is 1.10. The Morgan fingerprint density at radius 3 is 2.92 bits per heavy atom. The molecule has 0 fully saturated rings. The predicted octanol–water partition coefficient (Wildman–Crippen LogP) is 2.67. The van der Waals surface area contributed by atoms with Gasteiger partial charge in [0.1, 0.15) is 0 Å². The third-order valence-corrected chi connectivity index (χ3v) is 2.79. The van der Waals surface area contributed by atoms with E-state index in [0.717, 1.165) is 11.3 Å². The molecule has 0 unspecified atom stereocenters. The Morgan fingerprint density at radius 2 is 2.31 bits per heavy atom. The summed E-state index contributed by atoms with van der Waals surface area (Å²) < 4.78 is 5.36. The molecule has 4 heteroatoms. The highest BCUT2D eigenvalue weighted by Gasteiger charge is 2.11. The van der Waals surface area contributed by atoms with Gasteiger partial charge in [-0.2, -0.15) is 0 Å². The second-order valence-corrected chi connectivity index (χ2v) is 3.67. The van der Waals surface area contributed by atoms with Crippen molar-refractivity contribution >= 4 is 11.3 Å². The maximum absolute atomic E-state index is 5.36. The minimum Gasteiger partial charge on any atom is -0.420 e. The van der Waals surface area contributed by atoms with Gasteiger partial charge in [-0.3, -0.25) is 0 Å². The van der Waals surface area contributed by atoms with Crippen LogP contribution in [-0.2, 0) is 6.42 Å². The molecule has 0 aromatic carbocycles. The average molecular weight is 194 g/mol. The van der Waals surface area contributed by atoms with Crippen LogP contribution in [0.25, 0.3) is 10.8 Å². The van der Waals surface area contributed by atoms with E-state index in [-0.39, 0.29) is 0 Å². The average Bonchev–Trinajstić information content (AvgIpc) is 2.71. The van der Waals surface area contributed by atoms with Crippen LogP contribution in [0.4, 0.5) is 0 Å². The molecule has 0 spiro atoms. The van der Waals surface area contributed by atoms with Crippen LogP contribution in [0.3, 0.4) is 0 Å². The topological polar surface area (TPSA) is 38.9 Å². The summed E-state index contributed by atoms with van der Waals surface area (Å²) in [6.07, 6.45) is 1.00. The van der Waals surface area contributed by atoms with Crippen molar-refractivity contribution < 1.29 is 4.42 Å². The van der Waals surface area contributed by atoms with Crippen molar-refractivity contribution in [1.29, 1.82) is 0 Å². The molecule has 2 aromatic rings. The molecule has 0 bridgehead atoms. The summed E-state index contributed by atoms with van der Waals surface area (Å²) in [5.41, 5.74) is 1.27. The van der Waals surface area contributed by atoms with Crippen molar-refractivity contribution in [2.45, 2.75) is 20.3 Å². The summed E-state index contributed by atoms with van der Waals surface area (Å²) in [5.74, 6) is 1.26. The number of rotatable bonds is 2. The van der Waals surface area contributed by atoms with Crippen molar-refractivity contribution in [2.75, 3.05) is 0 Å². The molecule has 0 radical (unpaired) electrons. The van der Waals surface area contributed by atoms with Crippen LogP contribution in [0.5, 0.6) is 0 Å². The van der Waals surface area contributed by atoms with Gasteiger partial charge in [0.05, 0.1) is 4.88 Å². The molecular weight excluding hydrogens is 184 g/mol. The zero-order valence-electron chi connectivity index (χ0n) is 7.57. The lowest BCUT2D eigenvalue weighted by molar-refractivity contribution is 0.533. The van der Waals surface area contributed by atoms with Crippen molar-refractivity contribution in [2.24, 2.45) is 0 Å². The van der Waals surface area contributed by atoms with Gasteiger partial charge in [0.25, 0.3) is 5.89 Å². The molecular formula is C9H10N2OS. The summed E-state index contributed by atoms with van der Waals surface area (Å²) >= 11 is 1.64. The quantitative estimate of drug-likeness (QED) is 0.737. The Hall–Kier alpha value is -1.16. The van der Waals surface area contributed by atoms with E-state index >= 15 is 0 Å². The van der Waals surface area contributed by atoms with Gasteiger partial charge in [0.15, 0.2) is 0 Å². The van der Waals surface area contributed by atoms with Crippen LogP contribution in [0.2, 0.25) is 0 Å². The van der Waals surface area contributed by atoms with Crippen molar-refractivity contribution in [1.82, 2.24) is 10.2 Å². The lowest BCUT2D eigenvalue weighted by atomic mass is 10.2. The van der Waals surface area contributed by atoms with E-state index in [1.54, 1.807) is 18.3 Å². The maximum Gasteiger partial charge on any atom is 0.257 e. The Kier molecular flexibility index (Phi) is 2.14. The van der Waals surface area contributed by atoms with Gasteiger partial charge < -0.3 is 4.42 Å². The first kappa shape index (κ1) is 8.44. The molecule has 2 heterocycles. The van der Waals surface area contributed by atoms with Crippen LogP contribution < -0.4 is 0 Å². The van der Waals surface area contributed by atoms with Crippen molar-refractivity contribution in [3.05, 3.63) is 22.9 Å². The van der Waals surface area contributed by atoms with Gasteiger partial charge in [-0.1, -0.05) is 6.92 Å². The largest absolute Gasteiger partial charge is 0.420 e. The van der Waals surface area contributed by atoms with Crippen molar-refractivity contribution in [3.8, 4) is 10.8 Å². The first-order chi connectivity index (χ1) is 6.31. The van der Waals surface area contributed by atoms with Crippen LogP contribution in [-0.4, -0.2) is 10.2 Å². The molecule has 68 valence electrons. The predicted molar refractivity (Wildman–Crippen MR) is 51.7 cm³/mol. The smallest absolute Gasteiger partial charge is 0.257 e. The van der Waals surface area contributed by atoms with Crippen LogP contribution >= 0.6 is 11.3 Å². The standard InChI is InChI=1S/C9H10N2OS/c1-3-7-4-5-13-8(7)9-11-10-6(2)12-9/h4-5H,3H2,1-2H3. The highest BCUT2D eigenvalue weighted by atomic mass is 32.1. The zero-order chi connectivity index (χ0) is 9.26. The molecule has 0 aliphatic heterocycles. The number of hydrogen-bond acceptors (Lipinski definition) is 4. The molecule has 0 N–H and O–H groups in total. The van der Waals surface area contributed by atoms with Crippen LogP contribution in [0.1, 0.15) is 18.4 Å². The summed E-state index contributed by atoms with van der Waals surface area (Å²) in [6, 6.07) is 2.10. The van der Waals surface area contributed by atoms with E-state index in [9.17, 15) is 0 Å². The normalized spacial score (nSPS) is 10.6. The monoisotopic (exact) mass is 194 g/mol. The molecule has 0 aliphatic rings. The highest BCUT2D eigenvalue weighted by Crippen LogP contribution is 2.28. The molecule has 0 atom stereocenters. The number of nitrogens with zero attached hydrogens (tertiary/aromatic N) is 2. The molecule has 13 heavy (non-hydrogen) atoms. The Bertz CT molecular complexity index is 405. The SMILES string of the molecule is CCc1ccsc1-c1nnc(C)o1. The zero-order valence-corrected chi connectivity index (χ0v) is 8.39. The number of hydrogen-bond donors (Lipinski definition) is 0. The Labute approximate surface area is 80.4 Å². The van der Waals surface area contributed by atoms with E-state index < -0.39 is 0 Å². The molecule has 3 nitrogen and oxygen atoms in total. The fraction of sp³-hybridized carbons (Fsp3) is 0.333. The Balaban J connectivity index is 2.45. The van der Waals surface area contributed by atoms with E-state index in [0.29, 0.717) is 11.8 Å². The summed E-state index contributed by atoms with van der Waals surface area (Å²) in [7, 11) is 0. The van der Waals surface area contributed by atoms with Gasteiger partial charge in [-0.25, -0.2) is 0 Å². The lowest BCUT2D eigenvalue weighted by Gasteiger charge is -1.93. The third kappa shape index (κ3) is 1.49.